The number of amides is 1. The Kier molecular flexibility index (Phi) is 19.3. The first-order valence-corrected chi connectivity index (χ1v) is 10.2. The van der Waals surface area contributed by atoms with E-state index >= 15 is 0 Å². The lowest BCUT2D eigenvalue weighted by molar-refractivity contribution is -0.109. The van der Waals surface area contributed by atoms with Gasteiger partial charge in [0.05, 0.1) is 12.4 Å². The highest BCUT2D eigenvalue weighted by molar-refractivity contribution is 5.99. The predicted molar refractivity (Wildman–Crippen MR) is 132 cm³/mol. The number of aliphatic hydroxyl groups is 1. The molecular formula is C23H36N6O4. The number of hydrogen-bond acceptors (Lipinski definition) is 9. The average Bonchev–Trinajstić information content (AvgIpc) is 2.87. The number of aromatic nitrogens is 2. The molecule has 0 bridgehead atoms. The highest BCUT2D eigenvalue weighted by Gasteiger charge is 2.07. The van der Waals surface area contributed by atoms with Gasteiger partial charge in [0, 0.05) is 25.9 Å². The lowest BCUT2D eigenvalue weighted by Crippen LogP contribution is -2.07. The lowest BCUT2D eigenvalue weighted by atomic mass is 10.0. The highest BCUT2D eigenvalue weighted by atomic mass is 16.6. The third kappa shape index (κ3) is 12.1. The molecule has 10 nitrogen and oxygen atoms in total. The number of nitrogens with zero attached hydrogens (tertiary/aromatic N) is 4. The zero-order valence-electron chi connectivity index (χ0n) is 20.7. The maximum atomic E-state index is 9.06. The second kappa shape index (κ2) is 20.3. The second-order valence-electron chi connectivity index (χ2n) is 5.79. The van der Waals surface area contributed by atoms with Gasteiger partial charge in [0.1, 0.15) is 36.5 Å². The molecule has 33 heavy (non-hydrogen) atoms. The summed E-state index contributed by atoms with van der Waals surface area (Å²) in [5.74, 6) is 0. The van der Waals surface area contributed by atoms with E-state index in [2.05, 4.69) is 25.6 Å². The summed E-state index contributed by atoms with van der Waals surface area (Å²) in [7, 11) is 4.04. The molecule has 2 rings (SSSR count). The first-order valence-electron chi connectivity index (χ1n) is 10.2. The standard InChI is InChI=1S/C18H21N5O2.C2H5NO.C2H6.CH4O/c1-12-6-5-7-15(8-19)16(12)11-25-23-14(3)18-10-20-9-17(21-18)13(2)22-24-4;1-3-2-4;2*1-2/h5-10,19H,11H2,1-4H3;2H,1H3,(H,3,4);1-2H3;2H,1H3/b19-8?,22-13+,23-14+;;;. The van der Waals surface area contributed by atoms with Crippen molar-refractivity contribution >= 4 is 24.0 Å². The van der Waals surface area contributed by atoms with E-state index in [9.17, 15) is 0 Å². The number of oxime groups is 2. The Labute approximate surface area is 196 Å². The number of nitrogens with one attached hydrogen (secondary N) is 2. The summed E-state index contributed by atoms with van der Waals surface area (Å²) < 4.78 is 0. The van der Waals surface area contributed by atoms with Gasteiger partial charge in [-0.2, -0.15) is 0 Å². The van der Waals surface area contributed by atoms with Crippen LogP contribution in [0.5, 0.6) is 0 Å². The van der Waals surface area contributed by atoms with Crippen LogP contribution in [0.4, 0.5) is 0 Å². The Morgan fingerprint density at radius 2 is 1.70 bits per heavy atom. The van der Waals surface area contributed by atoms with Crippen molar-refractivity contribution in [3.05, 3.63) is 58.7 Å². The predicted octanol–water partition coefficient (Wildman–Crippen LogP) is 3.09. The normalized spacial score (nSPS) is 10.1. The third-order valence-electron chi connectivity index (χ3n) is 3.73. The van der Waals surface area contributed by atoms with Gasteiger partial charge in [-0.25, -0.2) is 4.98 Å². The first-order chi connectivity index (χ1) is 16.0. The van der Waals surface area contributed by atoms with Crippen molar-refractivity contribution in [2.45, 2.75) is 41.2 Å². The maximum absolute atomic E-state index is 9.06. The summed E-state index contributed by atoms with van der Waals surface area (Å²) in [6.45, 7) is 9.85. The number of aliphatic hydroxyl groups excluding tert-OH is 1. The smallest absolute Gasteiger partial charge is 0.206 e. The molecule has 0 atom stereocenters. The van der Waals surface area contributed by atoms with Gasteiger partial charge in [0.2, 0.25) is 6.41 Å². The SMILES string of the molecule is CC.CNC=O.CO.CO/N=C(\C)c1cncc(/C(C)=N/OCc2c(C)cccc2C=N)n1. The molecule has 0 aliphatic heterocycles. The first kappa shape index (κ1) is 31.5. The van der Waals surface area contributed by atoms with Gasteiger partial charge in [-0.1, -0.05) is 42.4 Å². The number of rotatable bonds is 8. The highest BCUT2D eigenvalue weighted by Crippen LogP contribution is 2.14. The minimum Gasteiger partial charge on any atom is -0.400 e. The Morgan fingerprint density at radius 1 is 1.15 bits per heavy atom. The maximum Gasteiger partial charge on any atom is 0.206 e. The molecule has 0 unspecified atom stereocenters. The van der Waals surface area contributed by atoms with E-state index in [1.807, 2.05) is 39.0 Å². The minimum absolute atomic E-state index is 0.284. The van der Waals surface area contributed by atoms with E-state index in [-0.39, 0.29) is 6.61 Å². The van der Waals surface area contributed by atoms with E-state index in [4.69, 9.17) is 25.0 Å². The monoisotopic (exact) mass is 460 g/mol. The summed E-state index contributed by atoms with van der Waals surface area (Å²) in [6, 6.07) is 5.77. The molecule has 3 N–H and O–H groups in total. The van der Waals surface area contributed by atoms with Crippen LogP contribution in [0.2, 0.25) is 0 Å². The summed E-state index contributed by atoms with van der Waals surface area (Å²) >= 11 is 0. The Hall–Kier alpha value is -3.66. The molecule has 0 fully saturated rings. The van der Waals surface area contributed by atoms with Crippen LogP contribution in [0.3, 0.4) is 0 Å². The molecule has 1 heterocycles. The fourth-order valence-electron chi connectivity index (χ4n) is 2.20. The van der Waals surface area contributed by atoms with Gasteiger partial charge >= 0.3 is 0 Å². The zero-order valence-corrected chi connectivity index (χ0v) is 20.7. The fraction of sp³-hybridized carbons (Fsp3) is 0.391. The van der Waals surface area contributed by atoms with Crippen LogP contribution in [0.15, 0.2) is 40.9 Å². The molecule has 0 aliphatic carbocycles. The van der Waals surface area contributed by atoms with Crippen LogP contribution in [-0.4, -0.2) is 60.4 Å². The Balaban J connectivity index is 0. The number of aryl methyl sites for hydroxylation is 1. The van der Waals surface area contributed by atoms with Crippen LogP contribution >= 0.6 is 0 Å². The van der Waals surface area contributed by atoms with Gasteiger partial charge in [-0.05, 0) is 31.9 Å². The molecular weight excluding hydrogens is 424 g/mol. The van der Waals surface area contributed by atoms with Crippen molar-refractivity contribution in [1.82, 2.24) is 15.3 Å². The third-order valence-corrected chi connectivity index (χ3v) is 3.73. The van der Waals surface area contributed by atoms with Crippen LogP contribution in [-0.2, 0) is 21.1 Å². The van der Waals surface area contributed by atoms with Crippen molar-refractivity contribution in [3.8, 4) is 0 Å². The Bertz CT molecular complexity index is 885. The Morgan fingerprint density at radius 3 is 2.18 bits per heavy atom. The molecule has 0 saturated heterocycles. The molecule has 10 heteroatoms. The van der Waals surface area contributed by atoms with Crippen molar-refractivity contribution in [3.63, 3.8) is 0 Å². The lowest BCUT2D eigenvalue weighted by Gasteiger charge is -2.08. The van der Waals surface area contributed by atoms with Gasteiger partial charge in [0.15, 0.2) is 0 Å². The van der Waals surface area contributed by atoms with E-state index in [0.29, 0.717) is 29.2 Å². The second-order valence-corrected chi connectivity index (χ2v) is 5.79. The van der Waals surface area contributed by atoms with E-state index in [0.717, 1.165) is 23.8 Å². The van der Waals surface area contributed by atoms with Crippen molar-refractivity contribution in [2.75, 3.05) is 21.3 Å². The zero-order chi connectivity index (χ0) is 25.6. The van der Waals surface area contributed by atoms with Crippen LogP contribution < -0.4 is 5.32 Å². The molecule has 182 valence electrons. The van der Waals surface area contributed by atoms with Gasteiger partial charge in [0.25, 0.3) is 0 Å². The van der Waals surface area contributed by atoms with Crippen molar-refractivity contribution in [2.24, 2.45) is 10.3 Å². The fourth-order valence-corrected chi connectivity index (χ4v) is 2.20. The van der Waals surface area contributed by atoms with Crippen LogP contribution in [0.1, 0.15) is 55.8 Å². The number of carbonyl (C=O) groups excluding carboxylic acids is 1. The largest absolute Gasteiger partial charge is 0.400 e. The van der Waals surface area contributed by atoms with Crippen molar-refractivity contribution < 1.29 is 19.6 Å². The number of benzene rings is 1. The quantitative estimate of drug-likeness (QED) is 0.314. The summed E-state index contributed by atoms with van der Waals surface area (Å²) in [4.78, 5) is 27.9. The minimum atomic E-state index is 0.284. The van der Waals surface area contributed by atoms with Gasteiger partial charge in [-0.3, -0.25) is 9.78 Å². The van der Waals surface area contributed by atoms with Gasteiger partial charge < -0.3 is 25.5 Å². The van der Waals surface area contributed by atoms with Gasteiger partial charge in [-0.15, -0.1) is 0 Å². The van der Waals surface area contributed by atoms with Crippen LogP contribution in [0.25, 0.3) is 0 Å². The molecule has 0 aliphatic rings. The van der Waals surface area contributed by atoms with E-state index in [1.54, 1.807) is 33.3 Å². The molecule has 1 amide bonds. The van der Waals surface area contributed by atoms with Crippen molar-refractivity contribution in [1.29, 1.82) is 5.41 Å². The van der Waals surface area contributed by atoms with Crippen LogP contribution in [0, 0.1) is 12.3 Å². The molecule has 0 spiro atoms. The van der Waals surface area contributed by atoms with E-state index < -0.39 is 0 Å². The number of hydrogen-bond donors (Lipinski definition) is 3. The molecule has 0 radical (unpaired) electrons. The topological polar surface area (TPSA) is 142 Å². The molecule has 1 aromatic carbocycles. The average molecular weight is 461 g/mol. The number of carbonyl (C=O) groups is 1. The molecule has 0 saturated carbocycles. The molecule has 1 aromatic heterocycles. The molecule has 2 aromatic rings. The summed E-state index contributed by atoms with van der Waals surface area (Å²) in [6.07, 6.45) is 5.16. The summed E-state index contributed by atoms with van der Waals surface area (Å²) in [5, 5.41) is 24.7. The summed E-state index contributed by atoms with van der Waals surface area (Å²) in [5.41, 5.74) is 5.25. The van der Waals surface area contributed by atoms with E-state index in [1.165, 1.54) is 13.3 Å².